The van der Waals surface area contributed by atoms with Crippen molar-refractivity contribution in [2.45, 2.75) is 11.8 Å². The molecule has 1 heterocycles. The Morgan fingerprint density at radius 2 is 2.31 bits per heavy atom. The summed E-state index contributed by atoms with van der Waals surface area (Å²) in [5.74, 6) is 0. The second kappa shape index (κ2) is 4.28. The SMILES string of the molecule is N#Cc1cc(C(F)F)ncc1CBr. The van der Waals surface area contributed by atoms with Crippen molar-refractivity contribution in [1.82, 2.24) is 4.98 Å². The van der Waals surface area contributed by atoms with Crippen LogP contribution >= 0.6 is 15.9 Å². The molecule has 0 amide bonds. The lowest BCUT2D eigenvalue weighted by atomic mass is 10.1. The fourth-order valence-electron chi connectivity index (χ4n) is 0.830. The molecule has 0 aliphatic carbocycles. The van der Waals surface area contributed by atoms with Gasteiger partial charge in [-0.25, -0.2) is 8.78 Å². The minimum Gasteiger partial charge on any atom is -0.255 e. The van der Waals surface area contributed by atoms with Crippen LogP contribution in [0.5, 0.6) is 0 Å². The number of nitrogens with zero attached hydrogens (tertiary/aromatic N) is 2. The first-order valence-corrected chi connectivity index (χ1v) is 4.54. The normalized spacial score (nSPS) is 10.1. The van der Waals surface area contributed by atoms with Crippen LogP contribution in [0.15, 0.2) is 12.3 Å². The van der Waals surface area contributed by atoms with Crippen LogP contribution in [0.4, 0.5) is 8.78 Å². The van der Waals surface area contributed by atoms with E-state index in [-0.39, 0.29) is 11.3 Å². The summed E-state index contributed by atoms with van der Waals surface area (Å²) in [5.41, 5.74) is 0.496. The summed E-state index contributed by atoms with van der Waals surface area (Å²) in [6.45, 7) is 0. The van der Waals surface area contributed by atoms with Gasteiger partial charge < -0.3 is 0 Å². The zero-order valence-electron chi connectivity index (χ0n) is 6.47. The van der Waals surface area contributed by atoms with E-state index in [1.807, 2.05) is 6.07 Å². The van der Waals surface area contributed by atoms with Crippen LogP contribution < -0.4 is 0 Å². The Morgan fingerprint density at radius 3 is 2.77 bits per heavy atom. The average Bonchev–Trinajstić information content (AvgIpc) is 2.16. The molecule has 5 heteroatoms. The maximum absolute atomic E-state index is 12.1. The molecule has 0 bridgehead atoms. The van der Waals surface area contributed by atoms with Crippen molar-refractivity contribution in [1.29, 1.82) is 5.26 Å². The molecule has 1 aromatic rings. The van der Waals surface area contributed by atoms with E-state index in [1.165, 1.54) is 6.20 Å². The lowest BCUT2D eigenvalue weighted by Crippen LogP contribution is -1.95. The van der Waals surface area contributed by atoms with Crippen molar-refractivity contribution in [3.63, 3.8) is 0 Å². The van der Waals surface area contributed by atoms with Crippen molar-refractivity contribution >= 4 is 15.9 Å². The number of nitriles is 1. The molecular weight excluding hydrogens is 242 g/mol. The molecular formula is C8H5BrF2N2. The fraction of sp³-hybridized carbons (Fsp3) is 0.250. The molecule has 0 aromatic carbocycles. The topological polar surface area (TPSA) is 36.7 Å². The lowest BCUT2D eigenvalue weighted by Gasteiger charge is -2.01. The van der Waals surface area contributed by atoms with Gasteiger partial charge in [0.05, 0.1) is 11.6 Å². The Balaban J connectivity index is 3.15. The second-order valence-electron chi connectivity index (χ2n) is 2.31. The van der Waals surface area contributed by atoms with E-state index in [0.717, 1.165) is 6.07 Å². The van der Waals surface area contributed by atoms with E-state index >= 15 is 0 Å². The van der Waals surface area contributed by atoms with E-state index < -0.39 is 6.43 Å². The number of rotatable bonds is 2. The maximum Gasteiger partial charge on any atom is 0.280 e. The van der Waals surface area contributed by atoms with Crippen molar-refractivity contribution < 1.29 is 8.78 Å². The van der Waals surface area contributed by atoms with E-state index in [0.29, 0.717) is 10.9 Å². The highest BCUT2D eigenvalue weighted by Gasteiger charge is 2.11. The maximum atomic E-state index is 12.1. The average molecular weight is 247 g/mol. The highest BCUT2D eigenvalue weighted by molar-refractivity contribution is 9.08. The van der Waals surface area contributed by atoms with Crippen molar-refractivity contribution in [3.8, 4) is 6.07 Å². The Hall–Kier alpha value is -1.02. The smallest absolute Gasteiger partial charge is 0.255 e. The van der Waals surface area contributed by atoms with Gasteiger partial charge in [0.15, 0.2) is 0 Å². The Bertz CT molecular complexity index is 346. The summed E-state index contributed by atoms with van der Waals surface area (Å²) in [7, 11) is 0. The predicted molar refractivity (Wildman–Crippen MR) is 46.5 cm³/mol. The van der Waals surface area contributed by atoms with Gasteiger partial charge in [-0.2, -0.15) is 5.26 Å². The molecule has 0 N–H and O–H groups in total. The van der Waals surface area contributed by atoms with Gasteiger partial charge in [0.2, 0.25) is 0 Å². The molecule has 0 saturated heterocycles. The molecule has 13 heavy (non-hydrogen) atoms. The summed E-state index contributed by atoms with van der Waals surface area (Å²) >= 11 is 3.13. The van der Waals surface area contributed by atoms with E-state index in [1.54, 1.807) is 0 Å². The molecule has 1 aromatic heterocycles. The molecule has 68 valence electrons. The molecule has 2 nitrogen and oxygen atoms in total. The molecule has 0 unspecified atom stereocenters. The second-order valence-corrected chi connectivity index (χ2v) is 2.87. The molecule has 0 saturated carbocycles. The Morgan fingerprint density at radius 1 is 1.62 bits per heavy atom. The van der Waals surface area contributed by atoms with E-state index in [9.17, 15) is 8.78 Å². The first-order chi connectivity index (χ1) is 6.19. The van der Waals surface area contributed by atoms with Gasteiger partial charge in [-0.1, -0.05) is 15.9 Å². The van der Waals surface area contributed by atoms with Crippen molar-refractivity contribution in [2.24, 2.45) is 0 Å². The van der Waals surface area contributed by atoms with Crippen LogP contribution in [-0.4, -0.2) is 4.98 Å². The van der Waals surface area contributed by atoms with Crippen LogP contribution in [0.25, 0.3) is 0 Å². The van der Waals surface area contributed by atoms with Gasteiger partial charge in [0, 0.05) is 11.5 Å². The quantitative estimate of drug-likeness (QED) is 0.753. The van der Waals surface area contributed by atoms with Crippen LogP contribution in [0, 0.1) is 11.3 Å². The molecule has 0 radical (unpaired) electrons. The van der Waals surface area contributed by atoms with Crippen molar-refractivity contribution in [3.05, 3.63) is 29.1 Å². The first-order valence-electron chi connectivity index (χ1n) is 3.42. The van der Waals surface area contributed by atoms with Crippen LogP contribution in [-0.2, 0) is 5.33 Å². The van der Waals surface area contributed by atoms with Gasteiger partial charge in [-0.15, -0.1) is 0 Å². The van der Waals surface area contributed by atoms with Crippen LogP contribution in [0.3, 0.4) is 0 Å². The Kier molecular flexibility index (Phi) is 3.32. The minimum atomic E-state index is -2.63. The van der Waals surface area contributed by atoms with Crippen LogP contribution in [0.1, 0.15) is 23.2 Å². The molecule has 0 fully saturated rings. The zero-order valence-corrected chi connectivity index (χ0v) is 8.05. The third kappa shape index (κ3) is 2.22. The van der Waals surface area contributed by atoms with E-state index in [4.69, 9.17) is 5.26 Å². The third-order valence-corrected chi connectivity index (χ3v) is 2.10. The summed E-state index contributed by atoms with van der Waals surface area (Å²) in [4.78, 5) is 3.53. The lowest BCUT2D eigenvalue weighted by molar-refractivity contribution is 0.146. The number of aromatic nitrogens is 1. The largest absolute Gasteiger partial charge is 0.280 e. The Labute approximate surface area is 82.3 Å². The monoisotopic (exact) mass is 246 g/mol. The number of hydrogen-bond donors (Lipinski definition) is 0. The highest BCUT2D eigenvalue weighted by atomic mass is 79.9. The van der Waals surface area contributed by atoms with E-state index in [2.05, 4.69) is 20.9 Å². The fourth-order valence-corrected chi connectivity index (χ4v) is 1.28. The van der Waals surface area contributed by atoms with Crippen LogP contribution in [0.2, 0.25) is 0 Å². The molecule has 0 atom stereocenters. The van der Waals surface area contributed by atoms with Gasteiger partial charge in [0.1, 0.15) is 5.69 Å². The number of hydrogen-bond acceptors (Lipinski definition) is 2. The minimum absolute atomic E-state index is 0.238. The number of halogens is 3. The summed E-state index contributed by atoms with van der Waals surface area (Å²) < 4.78 is 24.3. The predicted octanol–water partition coefficient (Wildman–Crippen LogP) is 2.79. The zero-order chi connectivity index (χ0) is 9.84. The number of pyridine rings is 1. The first kappa shape index (κ1) is 10.1. The molecule has 0 aliphatic heterocycles. The highest BCUT2D eigenvalue weighted by Crippen LogP contribution is 2.19. The van der Waals surface area contributed by atoms with Gasteiger partial charge >= 0.3 is 0 Å². The van der Waals surface area contributed by atoms with Gasteiger partial charge in [-0.3, -0.25) is 4.98 Å². The van der Waals surface area contributed by atoms with Gasteiger partial charge in [-0.05, 0) is 11.6 Å². The molecule has 0 spiro atoms. The van der Waals surface area contributed by atoms with Gasteiger partial charge in [0.25, 0.3) is 6.43 Å². The molecule has 0 aliphatic rings. The number of alkyl halides is 3. The third-order valence-electron chi connectivity index (χ3n) is 1.50. The standard InChI is InChI=1S/C8H5BrF2N2/c9-2-6-4-13-7(8(10)11)1-5(6)3-12/h1,4,8H,2H2. The molecule has 1 rings (SSSR count). The van der Waals surface area contributed by atoms with Crippen molar-refractivity contribution in [2.75, 3.05) is 0 Å². The summed E-state index contributed by atoms with van der Waals surface area (Å²) in [5, 5.41) is 9.05. The summed E-state index contributed by atoms with van der Waals surface area (Å²) in [6.07, 6.45) is -1.34. The summed E-state index contributed by atoms with van der Waals surface area (Å²) in [6, 6.07) is 2.95.